The Morgan fingerprint density at radius 3 is 2.91 bits per heavy atom. The van der Waals surface area contributed by atoms with Crippen LogP contribution in [-0.4, -0.2) is 44.0 Å². The predicted octanol–water partition coefficient (Wildman–Crippen LogP) is 3.70. The van der Waals surface area contributed by atoms with Gasteiger partial charge in [0.25, 0.3) is 5.56 Å². The quantitative estimate of drug-likeness (QED) is 0.405. The summed E-state index contributed by atoms with van der Waals surface area (Å²) < 4.78 is 27.7. The van der Waals surface area contributed by atoms with Gasteiger partial charge in [-0.1, -0.05) is 23.7 Å². The smallest absolute Gasteiger partial charge is 0.267 e. The minimum Gasteiger partial charge on any atom is -0.486 e. The summed E-state index contributed by atoms with van der Waals surface area (Å²) in [7, 11) is 0. The van der Waals surface area contributed by atoms with Gasteiger partial charge in [0.1, 0.15) is 24.0 Å². The fourth-order valence-electron chi connectivity index (χ4n) is 3.93. The summed E-state index contributed by atoms with van der Waals surface area (Å²) in [6.07, 6.45) is 2.73. The minimum absolute atomic E-state index is 0.0211. The second-order valence-corrected chi connectivity index (χ2v) is 8.13. The first-order valence-electron chi connectivity index (χ1n) is 10.4. The third kappa shape index (κ3) is 3.39. The number of fused-ring (bicyclic) bond motifs is 4. The highest BCUT2D eigenvalue weighted by atomic mass is 35.5. The van der Waals surface area contributed by atoms with Crippen molar-refractivity contribution >= 4 is 39.5 Å². The number of H-pyrrole nitrogens is 1. The molecule has 2 aromatic carbocycles. The lowest BCUT2D eigenvalue weighted by atomic mass is 10.2. The standard InChI is InChI=1S/C23H16ClFN6O3/c24-12-5-6-17(16(25)7-12)31-21-14(20-15(22(31)32)10-28-30-20)9-27-23(29-21)26-8-13-11-33-18-3-1-2-4-19(18)34-13/h1-7,9-10,13H,8,11H2,(H,28,30)(H,26,27,29)/t13-/m0/s1. The van der Waals surface area contributed by atoms with Crippen molar-refractivity contribution in [3.8, 4) is 17.2 Å². The van der Waals surface area contributed by atoms with Crippen LogP contribution >= 0.6 is 11.6 Å². The van der Waals surface area contributed by atoms with E-state index in [1.54, 1.807) is 6.20 Å². The zero-order chi connectivity index (χ0) is 23.2. The summed E-state index contributed by atoms with van der Waals surface area (Å²) in [6.45, 7) is 0.705. The lowest BCUT2D eigenvalue weighted by Crippen LogP contribution is -2.35. The molecule has 6 rings (SSSR count). The monoisotopic (exact) mass is 478 g/mol. The van der Waals surface area contributed by atoms with Crippen molar-refractivity contribution in [1.29, 1.82) is 0 Å². The van der Waals surface area contributed by atoms with Gasteiger partial charge in [-0.15, -0.1) is 0 Å². The number of anilines is 1. The van der Waals surface area contributed by atoms with Crippen molar-refractivity contribution in [2.75, 3.05) is 18.5 Å². The molecule has 0 fully saturated rings. The molecule has 3 aromatic heterocycles. The number of nitrogens with one attached hydrogen (secondary N) is 2. The maximum atomic E-state index is 14.8. The molecule has 0 saturated heterocycles. The number of hydrogen-bond donors (Lipinski definition) is 2. The van der Waals surface area contributed by atoms with E-state index in [9.17, 15) is 9.18 Å². The number of aromatic nitrogens is 5. The fourth-order valence-corrected chi connectivity index (χ4v) is 4.08. The molecule has 1 aliphatic rings. The van der Waals surface area contributed by atoms with Crippen molar-refractivity contribution in [1.82, 2.24) is 24.7 Å². The zero-order valence-electron chi connectivity index (χ0n) is 17.5. The van der Waals surface area contributed by atoms with Gasteiger partial charge in [0, 0.05) is 17.4 Å². The van der Waals surface area contributed by atoms with Crippen molar-refractivity contribution in [2.45, 2.75) is 6.10 Å². The molecule has 2 N–H and O–H groups in total. The number of ether oxygens (including phenoxy) is 2. The molecule has 4 heterocycles. The van der Waals surface area contributed by atoms with Crippen molar-refractivity contribution in [3.05, 3.63) is 76.1 Å². The number of pyridine rings is 1. The third-order valence-corrected chi connectivity index (χ3v) is 5.75. The van der Waals surface area contributed by atoms with Crippen LogP contribution in [0.15, 0.2) is 59.7 Å². The number of nitrogens with zero attached hydrogens (tertiary/aromatic N) is 4. The normalized spacial score (nSPS) is 15.1. The van der Waals surface area contributed by atoms with E-state index >= 15 is 0 Å². The van der Waals surface area contributed by atoms with E-state index in [1.165, 1.54) is 22.9 Å². The number of benzene rings is 2. The zero-order valence-corrected chi connectivity index (χ0v) is 18.2. The predicted molar refractivity (Wildman–Crippen MR) is 125 cm³/mol. The summed E-state index contributed by atoms with van der Waals surface area (Å²) in [5.41, 5.74) is 0.155. The molecule has 9 nitrogen and oxygen atoms in total. The average Bonchev–Trinajstić information content (AvgIpc) is 3.34. The third-order valence-electron chi connectivity index (χ3n) is 5.52. The Bertz CT molecular complexity index is 1620. The van der Waals surface area contributed by atoms with E-state index in [1.807, 2.05) is 24.3 Å². The summed E-state index contributed by atoms with van der Waals surface area (Å²) >= 11 is 5.91. The first-order valence-corrected chi connectivity index (χ1v) is 10.8. The lowest BCUT2D eigenvalue weighted by Gasteiger charge is -2.26. The Kier molecular flexibility index (Phi) is 4.80. The van der Waals surface area contributed by atoms with Crippen LogP contribution in [0.25, 0.3) is 27.6 Å². The van der Waals surface area contributed by atoms with E-state index in [2.05, 4.69) is 25.5 Å². The van der Waals surface area contributed by atoms with Crippen LogP contribution < -0.4 is 20.3 Å². The molecule has 1 atom stereocenters. The Hall–Kier alpha value is -4.18. The van der Waals surface area contributed by atoms with Crippen LogP contribution in [0.2, 0.25) is 5.02 Å². The number of aromatic amines is 1. The molecule has 11 heteroatoms. The average molecular weight is 479 g/mol. The van der Waals surface area contributed by atoms with Gasteiger partial charge in [0.05, 0.1) is 23.0 Å². The van der Waals surface area contributed by atoms with Gasteiger partial charge in [0.15, 0.2) is 17.1 Å². The first kappa shape index (κ1) is 20.4. The minimum atomic E-state index is -0.654. The highest BCUT2D eigenvalue weighted by molar-refractivity contribution is 6.30. The molecule has 34 heavy (non-hydrogen) atoms. The van der Waals surface area contributed by atoms with E-state index in [4.69, 9.17) is 21.1 Å². The van der Waals surface area contributed by atoms with E-state index in [-0.39, 0.29) is 33.8 Å². The van der Waals surface area contributed by atoms with Gasteiger partial charge < -0.3 is 14.8 Å². The number of para-hydroxylation sites is 2. The highest BCUT2D eigenvalue weighted by Gasteiger charge is 2.22. The SMILES string of the molecule is O=c1c2c[nH]nc2c2cnc(NC[C@H]3COc4ccccc4O3)nc2n1-c1ccc(Cl)cc1F. The van der Waals surface area contributed by atoms with Gasteiger partial charge in [-0.2, -0.15) is 10.1 Å². The van der Waals surface area contributed by atoms with Gasteiger partial charge in [-0.3, -0.25) is 14.5 Å². The van der Waals surface area contributed by atoms with Crippen molar-refractivity contribution in [2.24, 2.45) is 0 Å². The Morgan fingerprint density at radius 2 is 2.06 bits per heavy atom. The van der Waals surface area contributed by atoms with Gasteiger partial charge in [0.2, 0.25) is 5.95 Å². The summed E-state index contributed by atoms with van der Waals surface area (Å²) in [6, 6.07) is 11.5. The summed E-state index contributed by atoms with van der Waals surface area (Å²) in [5.74, 6) is 0.941. The molecule has 0 amide bonds. The van der Waals surface area contributed by atoms with Crippen LogP contribution in [0.3, 0.4) is 0 Å². The van der Waals surface area contributed by atoms with Gasteiger partial charge in [-0.05, 0) is 30.3 Å². The molecule has 170 valence electrons. The molecule has 0 bridgehead atoms. The molecular weight excluding hydrogens is 463 g/mol. The Morgan fingerprint density at radius 1 is 1.21 bits per heavy atom. The summed E-state index contributed by atoms with van der Waals surface area (Å²) in [5, 5.41) is 11.0. The molecule has 1 aliphatic heterocycles. The second kappa shape index (κ2) is 7.99. The fraction of sp³-hybridized carbons (Fsp3) is 0.130. The van der Waals surface area contributed by atoms with Gasteiger partial charge >= 0.3 is 0 Å². The molecule has 0 spiro atoms. The maximum absolute atomic E-state index is 14.8. The maximum Gasteiger partial charge on any atom is 0.267 e. The molecule has 0 aliphatic carbocycles. The van der Waals surface area contributed by atoms with Crippen LogP contribution in [-0.2, 0) is 0 Å². The molecule has 0 saturated carbocycles. The first-order chi connectivity index (χ1) is 16.6. The van der Waals surface area contributed by atoms with E-state index < -0.39 is 11.4 Å². The Labute approximate surface area is 196 Å². The van der Waals surface area contributed by atoms with Crippen LogP contribution in [0.5, 0.6) is 11.5 Å². The van der Waals surface area contributed by atoms with Crippen molar-refractivity contribution < 1.29 is 13.9 Å². The molecule has 0 unspecified atom stereocenters. The van der Waals surface area contributed by atoms with E-state index in [0.717, 1.165) is 6.07 Å². The molecule has 0 radical (unpaired) electrons. The lowest BCUT2D eigenvalue weighted by molar-refractivity contribution is 0.0996. The Balaban J connectivity index is 1.40. The second-order valence-electron chi connectivity index (χ2n) is 7.69. The van der Waals surface area contributed by atoms with E-state index in [0.29, 0.717) is 35.6 Å². The number of rotatable bonds is 4. The van der Waals surface area contributed by atoms with Crippen LogP contribution in [0.1, 0.15) is 0 Å². The van der Waals surface area contributed by atoms with Crippen molar-refractivity contribution in [3.63, 3.8) is 0 Å². The molecular formula is C23H16ClFN6O3. The van der Waals surface area contributed by atoms with Gasteiger partial charge in [-0.25, -0.2) is 9.37 Å². The van der Waals surface area contributed by atoms with Crippen LogP contribution in [0.4, 0.5) is 10.3 Å². The highest BCUT2D eigenvalue weighted by Crippen LogP contribution is 2.31. The topological polar surface area (TPSA) is 107 Å². The number of hydrogen-bond acceptors (Lipinski definition) is 7. The number of halogens is 2. The molecule has 5 aromatic rings. The summed E-state index contributed by atoms with van der Waals surface area (Å²) in [4.78, 5) is 22.1. The van der Waals surface area contributed by atoms with Crippen LogP contribution in [0, 0.1) is 5.82 Å². The largest absolute Gasteiger partial charge is 0.486 e.